The lowest BCUT2D eigenvalue weighted by Gasteiger charge is -2.28. The first-order valence-corrected chi connectivity index (χ1v) is 10.5. The highest BCUT2D eigenvalue weighted by atomic mass is 35.5. The molecule has 3 aromatic rings. The number of ether oxygens (including phenoxy) is 3. The summed E-state index contributed by atoms with van der Waals surface area (Å²) in [5.41, 5.74) is 8.38. The molecule has 0 saturated heterocycles. The number of rotatable bonds is 5. The maximum atomic E-state index is 13.8. The maximum absolute atomic E-state index is 13.8. The van der Waals surface area contributed by atoms with Crippen LogP contribution in [-0.4, -0.2) is 18.8 Å². The highest BCUT2D eigenvalue weighted by Gasteiger charge is 2.35. The zero-order valence-electron chi connectivity index (χ0n) is 18.4. The summed E-state index contributed by atoms with van der Waals surface area (Å²) in [5, 5.41) is 10.3. The van der Waals surface area contributed by atoms with Crippen molar-refractivity contribution >= 4 is 11.6 Å². The zero-order valence-corrected chi connectivity index (χ0v) is 19.1. The highest BCUT2D eigenvalue weighted by molar-refractivity contribution is 6.31. The van der Waals surface area contributed by atoms with Crippen molar-refractivity contribution in [1.29, 1.82) is 5.26 Å². The van der Waals surface area contributed by atoms with E-state index in [1.807, 2.05) is 19.1 Å². The molecule has 0 radical (unpaired) electrons. The number of aromatic nitrogens is 1. The number of nitriles is 1. The second-order valence-electron chi connectivity index (χ2n) is 7.59. The molecule has 1 aliphatic heterocycles. The molecule has 0 unspecified atom stereocenters. The van der Waals surface area contributed by atoms with Gasteiger partial charge < -0.3 is 24.5 Å². The van der Waals surface area contributed by atoms with Crippen LogP contribution in [0.25, 0.3) is 0 Å². The number of halogens is 1. The molecule has 0 aliphatic carbocycles. The Morgan fingerprint density at radius 2 is 1.88 bits per heavy atom. The van der Waals surface area contributed by atoms with Gasteiger partial charge in [-0.3, -0.25) is 4.79 Å². The summed E-state index contributed by atoms with van der Waals surface area (Å²) in [6, 6.07) is 16.4. The second-order valence-corrected chi connectivity index (χ2v) is 8.00. The van der Waals surface area contributed by atoms with Crippen LogP contribution >= 0.6 is 11.6 Å². The topological polar surface area (TPSA) is 99.5 Å². The third-order valence-corrected chi connectivity index (χ3v) is 6.04. The largest absolute Gasteiger partial charge is 0.493 e. The van der Waals surface area contributed by atoms with Crippen LogP contribution in [-0.2, 0) is 6.54 Å². The Morgan fingerprint density at radius 3 is 2.55 bits per heavy atom. The van der Waals surface area contributed by atoms with E-state index in [1.54, 1.807) is 55.2 Å². The molecule has 7 nitrogen and oxygen atoms in total. The third-order valence-electron chi connectivity index (χ3n) is 5.69. The summed E-state index contributed by atoms with van der Waals surface area (Å²) in [7, 11) is 3.13. The van der Waals surface area contributed by atoms with Gasteiger partial charge in [-0.2, -0.15) is 5.26 Å². The summed E-state index contributed by atoms with van der Waals surface area (Å²) >= 11 is 6.46. The number of hydrogen-bond donors (Lipinski definition) is 1. The number of nitrogens with zero attached hydrogens (tertiary/aromatic N) is 2. The number of aryl methyl sites for hydroxylation is 1. The van der Waals surface area contributed by atoms with Gasteiger partial charge in [-0.25, -0.2) is 0 Å². The minimum atomic E-state index is -0.739. The molecule has 0 saturated carbocycles. The number of nitrogens with two attached hydrogens (primary N) is 1. The molecule has 2 N–H and O–H groups in total. The van der Waals surface area contributed by atoms with E-state index in [2.05, 4.69) is 6.07 Å². The number of pyridine rings is 1. The fourth-order valence-electron chi connectivity index (χ4n) is 4.06. The van der Waals surface area contributed by atoms with E-state index in [-0.39, 0.29) is 23.6 Å². The van der Waals surface area contributed by atoms with Crippen LogP contribution < -0.4 is 25.5 Å². The molecule has 0 fully saturated rings. The van der Waals surface area contributed by atoms with Crippen molar-refractivity contribution in [3.8, 4) is 23.3 Å². The first-order chi connectivity index (χ1) is 15.9. The summed E-state index contributed by atoms with van der Waals surface area (Å²) in [4.78, 5) is 13.8. The van der Waals surface area contributed by atoms with Gasteiger partial charge >= 0.3 is 0 Å². The summed E-state index contributed by atoms with van der Waals surface area (Å²) < 4.78 is 18.0. The minimum Gasteiger partial charge on any atom is -0.493 e. The van der Waals surface area contributed by atoms with Crippen LogP contribution in [0.5, 0.6) is 17.2 Å². The van der Waals surface area contributed by atoms with Gasteiger partial charge in [0.2, 0.25) is 5.88 Å². The Kier molecular flexibility index (Phi) is 6.03. The average molecular weight is 464 g/mol. The Labute approximate surface area is 196 Å². The van der Waals surface area contributed by atoms with Crippen molar-refractivity contribution in [2.24, 2.45) is 5.73 Å². The number of fused-ring (bicyclic) bond motifs is 1. The van der Waals surface area contributed by atoms with E-state index < -0.39 is 5.92 Å². The average Bonchev–Trinajstić information content (AvgIpc) is 2.81. The monoisotopic (exact) mass is 463 g/mol. The van der Waals surface area contributed by atoms with Crippen molar-refractivity contribution in [2.75, 3.05) is 14.2 Å². The predicted molar refractivity (Wildman–Crippen MR) is 125 cm³/mol. The van der Waals surface area contributed by atoms with Gasteiger partial charge in [0.25, 0.3) is 5.56 Å². The van der Waals surface area contributed by atoms with Gasteiger partial charge in [0.15, 0.2) is 11.5 Å². The molecule has 2 aromatic carbocycles. The second kappa shape index (κ2) is 8.93. The summed E-state index contributed by atoms with van der Waals surface area (Å²) in [5.74, 6) is 0.715. The van der Waals surface area contributed by atoms with Crippen molar-refractivity contribution in [1.82, 2.24) is 4.57 Å². The lowest BCUT2D eigenvalue weighted by molar-refractivity contribution is 0.354. The zero-order chi connectivity index (χ0) is 23.7. The van der Waals surface area contributed by atoms with Gasteiger partial charge in [-0.05, 0) is 36.2 Å². The SMILES string of the molecule is COc1ccc(Cn2c(C)cc3c(c2=O)[C@H](c2ccccc2Cl)C(C#N)=C(N)O3)cc1OC. The van der Waals surface area contributed by atoms with E-state index in [9.17, 15) is 10.1 Å². The van der Waals surface area contributed by atoms with Crippen LogP contribution in [0.1, 0.15) is 28.3 Å². The molecule has 2 heterocycles. The van der Waals surface area contributed by atoms with Gasteiger partial charge in [0.1, 0.15) is 17.4 Å². The standard InChI is InChI=1S/C25H22ClN3O4/c1-14-10-21-23(22(17(12-27)24(28)33-21)16-6-4-5-7-18(16)26)25(30)29(14)13-15-8-9-19(31-2)20(11-15)32-3/h4-11,22H,13,28H2,1-3H3/t22-/m1/s1. The maximum Gasteiger partial charge on any atom is 0.259 e. The molecule has 0 bridgehead atoms. The predicted octanol–water partition coefficient (Wildman–Crippen LogP) is 4.09. The molecule has 0 amide bonds. The van der Waals surface area contributed by atoms with Crippen LogP contribution in [0.3, 0.4) is 0 Å². The molecule has 33 heavy (non-hydrogen) atoms. The Morgan fingerprint density at radius 1 is 1.15 bits per heavy atom. The third kappa shape index (κ3) is 3.90. The molecule has 1 atom stereocenters. The number of benzene rings is 2. The number of allylic oxidation sites excluding steroid dienone is 1. The number of hydrogen-bond acceptors (Lipinski definition) is 6. The Bertz CT molecular complexity index is 1370. The summed E-state index contributed by atoms with van der Waals surface area (Å²) in [6.07, 6.45) is 0. The molecular weight excluding hydrogens is 442 g/mol. The first kappa shape index (κ1) is 22.3. The van der Waals surface area contributed by atoms with E-state index in [1.165, 1.54) is 0 Å². The molecule has 0 spiro atoms. The van der Waals surface area contributed by atoms with Gasteiger partial charge in [-0.1, -0.05) is 35.9 Å². The van der Waals surface area contributed by atoms with E-state index in [0.717, 1.165) is 5.56 Å². The van der Waals surface area contributed by atoms with Crippen LogP contribution in [0.15, 0.2) is 64.8 Å². The Hall–Kier alpha value is -3.89. The molecule has 8 heteroatoms. The molecule has 4 rings (SSSR count). The quantitative estimate of drug-likeness (QED) is 0.611. The number of methoxy groups -OCH3 is 2. The first-order valence-electron chi connectivity index (χ1n) is 10.2. The smallest absolute Gasteiger partial charge is 0.259 e. The normalized spacial score (nSPS) is 14.8. The van der Waals surface area contributed by atoms with Crippen molar-refractivity contribution in [3.63, 3.8) is 0 Å². The van der Waals surface area contributed by atoms with Gasteiger partial charge in [-0.15, -0.1) is 0 Å². The van der Waals surface area contributed by atoms with Crippen molar-refractivity contribution < 1.29 is 14.2 Å². The van der Waals surface area contributed by atoms with Crippen molar-refractivity contribution in [2.45, 2.75) is 19.4 Å². The Balaban J connectivity index is 1.89. The van der Waals surface area contributed by atoms with E-state index >= 15 is 0 Å². The highest BCUT2D eigenvalue weighted by Crippen LogP contribution is 2.42. The van der Waals surface area contributed by atoms with E-state index in [0.29, 0.717) is 39.1 Å². The molecule has 1 aromatic heterocycles. The minimum absolute atomic E-state index is 0.0358. The molecule has 1 aliphatic rings. The van der Waals surface area contributed by atoms with E-state index in [4.69, 9.17) is 31.5 Å². The molecule has 168 valence electrons. The fraction of sp³-hybridized carbons (Fsp3) is 0.200. The van der Waals surface area contributed by atoms with Gasteiger partial charge in [0.05, 0.1) is 32.2 Å². The fourth-order valence-corrected chi connectivity index (χ4v) is 4.31. The lowest BCUT2D eigenvalue weighted by atomic mass is 9.84. The summed E-state index contributed by atoms with van der Waals surface area (Å²) in [6.45, 7) is 2.10. The van der Waals surface area contributed by atoms with Crippen LogP contribution in [0.2, 0.25) is 5.02 Å². The van der Waals surface area contributed by atoms with Crippen molar-refractivity contribution in [3.05, 3.63) is 97.7 Å². The van der Waals surface area contributed by atoms with Gasteiger partial charge in [0, 0.05) is 16.8 Å². The molecular formula is C25H22ClN3O4. The van der Waals surface area contributed by atoms with Crippen LogP contribution in [0, 0.1) is 18.3 Å². The van der Waals surface area contributed by atoms with Crippen LogP contribution in [0.4, 0.5) is 0 Å². The lowest BCUT2D eigenvalue weighted by Crippen LogP contribution is -2.33.